The van der Waals surface area contributed by atoms with Crippen LogP contribution in [0.5, 0.6) is 0 Å². The molecule has 2 nitrogen and oxygen atoms in total. The summed E-state index contributed by atoms with van der Waals surface area (Å²) in [6.45, 7) is 1.76. The first kappa shape index (κ1) is 10.9. The summed E-state index contributed by atoms with van der Waals surface area (Å²) in [5.41, 5.74) is 0.120. The lowest BCUT2D eigenvalue weighted by atomic mass is 9.53. The van der Waals surface area contributed by atoms with E-state index in [0.717, 1.165) is 17.8 Å². The highest BCUT2D eigenvalue weighted by Gasteiger charge is 2.51. The van der Waals surface area contributed by atoms with Crippen LogP contribution in [0.1, 0.15) is 45.4 Å². The van der Waals surface area contributed by atoms with Crippen molar-refractivity contribution in [3.8, 4) is 0 Å². The van der Waals surface area contributed by atoms with Crippen LogP contribution in [-0.2, 0) is 4.79 Å². The fourth-order valence-corrected chi connectivity index (χ4v) is 4.68. The molecule has 4 aliphatic carbocycles. The molecular weight excluding hydrogens is 222 g/mol. The first-order valence-corrected chi connectivity index (χ1v) is 6.96. The number of halogens is 1. The van der Waals surface area contributed by atoms with Crippen LogP contribution in [0.25, 0.3) is 0 Å². The quantitative estimate of drug-likeness (QED) is 0.740. The zero-order valence-corrected chi connectivity index (χ0v) is 10.6. The molecule has 4 aliphatic rings. The van der Waals surface area contributed by atoms with Gasteiger partial charge < -0.3 is 5.32 Å². The summed E-state index contributed by atoms with van der Waals surface area (Å²) in [5, 5.41) is 2.86. The van der Waals surface area contributed by atoms with Crippen LogP contribution >= 0.6 is 11.6 Å². The van der Waals surface area contributed by atoms with Gasteiger partial charge in [-0.05, 0) is 63.2 Å². The Hall–Kier alpha value is -0.240. The highest BCUT2D eigenvalue weighted by atomic mass is 35.5. The molecule has 1 amide bonds. The van der Waals surface area contributed by atoms with Crippen LogP contribution in [-0.4, -0.2) is 16.8 Å². The summed E-state index contributed by atoms with van der Waals surface area (Å²) in [5.74, 6) is 2.65. The number of rotatable bonds is 2. The first-order chi connectivity index (χ1) is 7.56. The minimum atomic E-state index is -0.395. The van der Waals surface area contributed by atoms with Crippen molar-refractivity contribution in [2.24, 2.45) is 17.8 Å². The lowest BCUT2D eigenvalue weighted by molar-refractivity contribution is -0.126. The maximum atomic E-state index is 11.8. The van der Waals surface area contributed by atoms with E-state index in [1.165, 1.54) is 38.5 Å². The molecule has 4 rings (SSSR count). The lowest BCUT2D eigenvalue weighted by Crippen LogP contribution is -2.60. The fourth-order valence-electron chi connectivity index (χ4n) is 4.62. The van der Waals surface area contributed by atoms with Crippen LogP contribution in [0.15, 0.2) is 0 Å². The van der Waals surface area contributed by atoms with Gasteiger partial charge in [0.15, 0.2) is 0 Å². The van der Waals surface area contributed by atoms with Crippen molar-refractivity contribution >= 4 is 17.5 Å². The molecule has 3 heteroatoms. The number of alkyl halides is 1. The third-order valence-electron chi connectivity index (χ3n) is 4.79. The van der Waals surface area contributed by atoms with E-state index < -0.39 is 5.38 Å². The molecule has 0 aromatic carbocycles. The van der Waals surface area contributed by atoms with Gasteiger partial charge in [-0.2, -0.15) is 0 Å². The Morgan fingerprint density at radius 3 is 2.00 bits per heavy atom. The average Bonchev–Trinajstić information content (AvgIpc) is 2.13. The van der Waals surface area contributed by atoms with Crippen molar-refractivity contribution in [2.75, 3.05) is 0 Å². The molecule has 0 spiro atoms. The second-order valence-corrected chi connectivity index (χ2v) is 6.96. The third kappa shape index (κ3) is 1.75. The van der Waals surface area contributed by atoms with Gasteiger partial charge in [0, 0.05) is 5.54 Å². The molecule has 1 unspecified atom stereocenters. The van der Waals surface area contributed by atoms with E-state index in [0.29, 0.717) is 0 Å². The topological polar surface area (TPSA) is 29.1 Å². The normalized spacial score (nSPS) is 46.8. The molecule has 0 aromatic heterocycles. The van der Waals surface area contributed by atoms with Gasteiger partial charge >= 0.3 is 0 Å². The third-order valence-corrected chi connectivity index (χ3v) is 4.99. The molecule has 0 saturated heterocycles. The van der Waals surface area contributed by atoms with Crippen LogP contribution in [0.2, 0.25) is 0 Å². The van der Waals surface area contributed by atoms with Crippen molar-refractivity contribution in [3.63, 3.8) is 0 Å². The minimum absolute atomic E-state index is 0.0311. The molecule has 1 N–H and O–H groups in total. The highest BCUT2D eigenvalue weighted by molar-refractivity contribution is 6.30. The Labute approximate surface area is 102 Å². The molecule has 4 fully saturated rings. The number of hydrogen-bond donors (Lipinski definition) is 1. The molecular formula is C13H20ClNO. The minimum Gasteiger partial charge on any atom is -0.349 e. The zero-order valence-electron chi connectivity index (χ0n) is 9.84. The predicted molar refractivity (Wildman–Crippen MR) is 64.4 cm³/mol. The van der Waals surface area contributed by atoms with Gasteiger partial charge in [0.1, 0.15) is 5.38 Å². The van der Waals surface area contributed by atoms with E-state index in [9.17, 15) is 4.79 Å². The molecule has 0 aromatic rings. The van der Waals surface area contributed by atoms with E-state index in [1.807, 2.05) is 0 Å². The predicted octanol–water partition coefficient (Wildman–Crippen LogP) is 2.70. The van der Waals surface area contributed by atoms with Crippen molar-refractivity contribution in [1.82, 2.24) is 5.32 Å². The van der Waals surface area contributed by atoms with Crippen LogP contribution in [0.4, 0.5) is 0 Å². The number of hydrogen-bond acceptors (Lipinski definition) is 1. The number of carbonyl (C=O) groups is 1. The van der Waals surface area contributed by atoms with Gasteiger partial charge in [-0.1, -0.05) is 0 Å². The molecule has 1 atom stereocenters. The van der Waals surface area contributed by atoms with E-state index in [-0.39, 0.29) is 11.4 Å². The summed E-state index contributed by atoms with van der Waals surface area (Å²) in [4.78, 5) is 11.8. The SMILES string of the molecule is CC(Cl)C(=O)NC12CC3CC(CC(C3)C1)C2. The van der Waals surface area contributed by atoms with Crippen molar-refractivity contribution in [1.29, 1.82) is 0 Å². The smallest absolute Gasteiger partial charge is 0.238 e. The summed E-state index contributed by atoms with van der Waals surface area (Å²) in [6, 6.07) is 0. The monoisotopic (exact) mass is 241 g/mol. The molecule has 16 heavy (non-hydrogen) atoms. The maximum absolute atomic E-state index is 11.8. The Kier molecular flexibility index (Phi) is 2.47. The molecule has 4 bridgehead atoms. The Balaban J connectivity index is 1.76. The first-order valence-electron chi connectivity index (χ1n) is 6.52. The molecule has 90 valence electrons. The Morgan fingerprint density at radius 1 is 1.19 bits per heavy atom. The molecule has 0 heterocycles. The number of amides is 1. The zero-order chi connectivity index (χ0) is 11.3. The summed E-state index contributed by atoms with van der Waals surface area (Å²) >= 11 is 5.86. The van der Waals surface area contributed by atoms with Crippen LogP contribution in [0.3, 0.4) is 0 Å². The Morgan fingerprint density at radius 2 is 1.62 bits per heavy atom. The van der Waals surface area contributed by atoms with E-state index in [1.54, 1.807) is 6.92 Å². The second kappa shape index (κ2) is 3.63. The van der Waals surface area contributed by atoms with Gasteiger partial charge in [0.05, 0.1) is 0 Å². The highest BCUT2D eigenvalue weighted by Crippen LogP contribution is 2.55. The van der Waals surface area contributed by atoms with Gasteiger partial charge in [0.2, 0.25) is 5.91 Å². The van der Waals surface area contributed by atoms with Gasteiger partial charge in [-0.25, -0.2) is 0 Å². The summed E-state index contributed by atoms with van der Waals surface area (Å²) in [6.07, 6.45) is 7.83. The standard InChI is InChI=1S/C13H20ClNO/c1-8(14)12(16)15-13-5-9-2-10(6-13)4-11(3-9)7-13/h8-11H,2-7H2,1H3,(H,15,16). The van der Waals surface area contributed by atoms with Crippen LogP contribution < -0.4 is 5.32 Å². The van der Waals surface area contributed by atoms with Crippen molar-refractivity contribution in [2.45, 2.75) is 56.4 Å². The molecule has 0 radical (unpaired) electrons. The van der Waals surface area contributed by atoms with Gasteiger partial charge in [0.25, 0.3) is 0 Å². The van der Waals surface area contributed by atoms with Crippen molar-refractivity contribution < 1.29 is 4.79 Å². The number of nitrogens with one attached hydrogen (secondary N) is 1. The van der Waals surface area contributed by atoms with Crippen molar-refractivity contribution in [3.05, 3.63) is 0 Å². The van der Waals surface area contributed by atoms with Crippen LogP contribution in [0, 0.1) is 17.8 Å². The van der Waals surface area contributed by atoms with Gasteiger partial charge in [-0.3, -0.25) is 4.79 Å². The summed E-state index contributed by atoms with van der Waals surface area (Å²) in [7, 11) is 0. The Bertz CT molecular complexity index is 278. The lowest BCUT2D eigenvalue weighted by Gasteiger charge is -2.57. The summed E-state index contributed by atoms with van der Waals surface area (Å²) < 4.78 is 0. The fraction of sp³-hybridized carbons (Fsp3) is 0.923. The molecule has 0 aliphatic heterocycles. The maximum Gasteiger partial charge on any atom is 0.238 e. The number of carbonyl (C=O) groups excluding carboxylic acids is 1. The van der Waals surface area contributed by atoms with Gasteiger partial charge in [-0.15, -0.1) is 11.6 Å². The average molecular weight is 242 g/mol. The van der Waals surface area contributed by atoms with E-state index in [2.05, 4.69) is 5.32 Å². The van der Waals surface area contributed by atoms with E-state index in [4.69, 9.17) is 11.6 Å². The molecule has 4 saturated carbocycles. The van der Waals surface area contributed by atoms with E-state index >= 15 is 0 Å². The largest absolute Gasteiger partial charge is 0.349 e. The second-order valence-electron chi connectivity index (χ2n) is 6.30.